The topological polar surface area (TPSA) is 191 Å². The largest absolute Gasteiger partial charge is 0.299 e. The molecule has 0 bridgehead atoms. The summed E-state index contributed by atoms with van der Waals surface area (Å²) in [5.74, 6) is 0. The maximum Gasteiger partial charge on any atom is 0.240 e. The molecule has 0 aromatic heterocycles. The van der Waals surface area contributed by atoms with Gasteiger partial charge in [-0.1, -0.05) is 90.0 Å². The molecule has 1 saturated carbocycles. The highest BCUT2D eigenvalue weighted by Gasteiger charge is 2.20. The zero-order valence-electron chi connectivity index (χ0n) is 34.2. The Morgan fingerprint density at radius 2 is 0.525 bits per heavy atom. The molecule has 14 nitrogen and oxygen atoms in total. The van der Waals surface area contributed by atoms with Crippen molar-refractivity contribution < 1.29 is 33.7 Å². The van der Waals surface area contributed by atoms with Crippen LogP contribution in [0.5, 0.6) is 0 Å². The van der Waals surface area contributed by atoms with Crippen molar-refractivity contribution in [2.75, 3.05) is 65.4 Å². The molecule has 1 aliphatic rings. The van der Waals surface area contributed by atoms with Gasteiger partial charge in [0.15, 0.2) is 0 Å². The minimum atomic E-state index is -3.82. The van der Waals surface area contributed by atoms with Gasteiger partial charge in [0, 0.05) is 65.4 Å². The molecule has 59 heavy (non-hydrogen) atoms. The van der Waals surface area contributed by atoms with Crippen molar-refractivity contribution in [1.82, 2.24) is 28.7 Å². The summed E-state index contributed by atoms with van der Waals surface area (Å²) in [7, 11) is -15.3. The molecule has 4 aromatic rings. The van der Waals surface area contributed by atoms with Crippen molar-refractivity contribution in [3.63, 3.8) is 0 Å². The minimum absolute atomic E-state index is 0.0214. The van der Waals surface area contributed by atoms with Crippen molar-refractivity contribution >= 4 is 40.1 Å². The van der Waals surface area contributed by atoms with E-state index in [9.17, 15) is 33.7 Å². The second-order valence-corrected chi connectivity index (χ2v) is 21.7. The van der Waals surface area contributed by atoms with Crippen LogP contribution >= 0.6 is 0 Å². The molecule has 324 valence electrons. The molecule has 0 unspecified atom stereocenters. The quantitative estimate of drug-likeness (QED) is 0.0850. The van der Waals surface area contributed by atoms with E-state index in [1.165, 1.54) is 67.8 Å². The van der Waals surface area contributed by atoms with E-state index in [4.69, 9.17) is 0 Å². The monoisotopic (exact) mass is 890 g/mol. The summed E-state index contributed by atoms with van der Waals surface area (Å²) in [4.78, 5) is 4.24. The van der Waals surface area contributed by atoms with E-state index >= 15 is 0 Å². The standard InChI is InChI=1S/C38H52N6O8S4.C3H6/c1-31-5-13-35(14-6-31)53(45,46)39-21-25-43(26-22-40-54(47,48)36-15-7-32(2)8-16-36)29-30-44(27-23-41-55(49,50)37-17-9-33(3)10-18-37)28-24-42-56(51,52)38-19-11-34(4)12-20-38;1-2-3-1/h5-20,39-42H,21-30H2,1-4H3;1-3H2. The summed E-state index contributed by atoms with van der Waals surface area (Å²) in [6.45, 7) is 9.00. The highest BCUT2D eigenvalue weighted by atomic mass is 32.2. The number of hydrogen-bond acceptors (Lipinski definition) is 10. The van der Waals surface area contributed by atoms with Gasteiger partial charge in [-0.15, -0.1) is 0 Å². The predicted octanol–water partition coefficient (Wildman–Crippen LogP) is 3.91. The molecular weight excluding hydrogens is 833 g/mol. The van der Waals surface area contributed by atoms with Crippen molar-refractivity contribution in [1.29, 1.82) is 0 Å². The Morgan fingerprint density at radius 1 is 0.339 bits per heavy atom. The molecule has 4 N–H and O–H groups in total. The molecule has 0 saturated heterocycles. The number of nitrogens with zero attached hydrogens (tertiary/aromatic N) is 2. The lowest BCUT2D eigenvalue weighted by atomic mass is 10.2. The SMILES string of the molecule is C1CC1.Cc1ccc(S(=O)(=O)NCCN(CCNS(=O)(=O)c2ccc(C)cc2)CCN(CCNS(=O)(=O)c2ccc(C)cc2)CCNS(=O)(=O)c2ccc(C)cc2)cc1. The molecule has 0 spiro atoms. The molecule has 5 rings (SSSR count). The highest BCUT2D eigenvalue weighted by molar-refractivity contribution is 7.90. The highest BCUT2D eigenvalue weighted by Crippen LogP contribution is 2.15. The predicted molar refractivity (Wildman–Crippen MR) is 232 cm³/mol. The van der Waals surface area contributed by atoms with Gasteiger partial charge in [-0.3, -0.25) is 9.80 Å². The van der Waals surface area contributed by atoms with E-state index in [0.717, 1.165) is 22.3 Å². The van der Waals surface area contributed by atoms with Gasteiger partial charge in [0.05, 0.1) is 19.6 Å². The lowest BCUT2D eigenvalue weighted by Gasteiger charge is -2.28. The van der Waals surface area contributed by atoms with Crippen molar-refractivity contribution in [2.24, 2.45) is 0 Å². The van der Waals surface area contributed by atoms with Gasteiger partial charge < -0.3 is 0 Å². The Morgan fingerprint density at radius 3 is 0.695 bits per heavy atom. The lowest BCUT2D eigenvalue weighted by molar-refractivity contribution is 0.211. The van der Waals surface area contributed by atoms with Crippen molar-refractivity contribution in [2.45, 2.75) is 66.5 Å². The molecule has 1 fully saturated rings. The van der Waals surface area contributed by atoms with Gasteiger partial charge in [0.1, 0.15) is 0 Å². The van der Waals surface area contributed by atoms with Gasteiger partial charge in [-0.25, -0.2) is 52.6 Å². The zero-order valence-corrected chi connectivity index (χ0v) is 37.5. The third-order valence-corrected chi connectivity index (χ3v) is 15.2. The summed E-state index contributed by atoms with van der Waals surface area (Å²) in [5.41, 5.74) is 3.66. The fourth-order valence-corrected chi connectivity index (χ4v) is 9.59. The number of sulfonamides is 4. The molecule has 4 aromatic carbocycles. The first kappa shape index (κ1) is 48.1. The van der Waals surface area contributed by atoms with Crippen molar-refractivity contribution in [3.05, 3.63) is 119 Å². The van der Waals surface area contributed by atoms with Gasteiger partial charge in [-0.05, 0) is 76.2 Å². The number of benzene rings is 4. The average Bonchev–Trinajstić information content (AvgIpc) is 4.07. The molecule has 0 aliphatic heterocycles. The Bertz CT molecular complexity index is 2030. The molecule has 0 atom stereocenters. The summed E-state index contributed by atoms with van der Waals surface area (Å²) >= 11 is 0. The zero-order chi connectivity index (χ0) is 43.1. The summed E-state index contributed by atoms with van der Waals surface area (Å²) < 4.78 is 115. The lowest BCUT2D eigenvalue weighted by Crippen LogP contribution is -2.45. The normalized spacial score (nSPS) is 13.3. The van der Waals surface area contributed by atoms with Gasteiger partial charge >= 0.3 is 0 Å². The number of aryl methyl sites for hydroxylation is 4. The van der Waals surface area contributed by atoms with Crippen LogP contribution in [0.15, 0.2) is 117 Å². The fourth-order valence-electron chi connectivity index (χ4n) is 5.51. The van der Waals surface area contributed by atoms with Crippen LogP contribution in [0.2, 0.25) is 0 Å². The van der Waals surface area contributed by atoms with Crippen LogP contribution in [0.1, 0.15) is 41.5 Å². The third-order valence-electron chi connectivity index (χ3n) is 9.29. The second kappa shape index (κ2) is 22.3. The van der Waals surface area contributed by atoms with E-state index in [-0.39, 0.29) is 71.9 Å². The average molecular weight is 891 g/mol. The first-order valence-corrected chi connectivity index (χ1v) is 25.5. The van der Waals surface area contributed by atoms with Crippen LogP contribution in [0, 0.1) is 27.7 Å². The van der Waals surface area contributed by atoms with E-state index in [2.05, 4.69) is 18.9 Å². The van der Waals surface area contributed by atoms with Gasteiger partial charge in [0.2, 0.25) is 40.1 Å². The second-order valence-electron chi connectivity index (χ2n) is 14.6. The Hall–Kier alpha value is -3.56. The summed E-state index contributed by atoms with van der Waals surface area (Å²) in [6.07, 6.45) is 4.50. The number of nitrogens with one attached hydrogen (secondary N) is 4. The van der Waals surface area contributed by atoms with Crippen molar-refractivity contribution in [3.8, 4) is 0 Å². The van der Waals surface area contributed by atoms with Gasteiger partial charge in [-0.2, -0.15) is 0 Å². The van der Waals surface area contributed by atoms with E-state index in [0.29, 0.717) is 13.1 Å². The first-order valence-electron chi connectivity index (χ1n) is 19.6. The smallest absolute Gasteiger partial charge is 0.240 e. The Balaban J connectivity index is 0.00000245. The Kier molecular flexibility index (Phi) is 18.2. The van der Waals surface area contributed by atoms with Crippen LogP contribution in [-0.2, 0) is 40.1 Å². The minimum Gasteiger partial charge on any atom is -0.299 e. The van der Waals surface area contributed by atoms with Crippen LogP contribution in [0.4, 0.5) is 0 Å². The van der Waals surface area contributed by atoms with Crippen LogP contribution in [0.25, 0.3) is 0 Å². The molecule has 1 aliphatic carbocycles. The Labute approximate surface area is 352 Å². The molecule has 0 radical (unpaired) electrons. The molecular formula is C41H58N6O8S4. The van der Waals surface area contributed by atoms with Crippen LogP contribution < -0.4 is 18.9 Å². The number of rotatable bonds is 23. The van der Waals surface area contributed by atoms with Gasteiger partial charge in [0.25, 0.3) is 0 Å². The van der Waals surface area contributed by atoms with Crippen LogP contribution in [-0.4, -0.2) is 109 Å². The summed E-state index contributed by atoms with van der Waals surface area (Å²) in [5, 5.41) is 0. The molecule has 0 heterocycles. The summed E-state index contributed by atoms with van der Waals surface area (Å²) in [6, 6.07) is 25.8. The van der Waals surface area contributed by atoms with E-state index in [1.807, 2.05) is 37.5 Å². The maximum atomic E-state index is 13.0. The van der Waals surface area contributed by atoms with E-state index < -0.39 is 40.1 Å². The van der Waals surface area contributed by atoms with Crippen LogP contribution in [0.3, 0.4) is 0 Å². The first-order chi connectivity index (χ1) is 27.9. The molecule has 0 amide bonds. The number of hydrogen-bond donors (Lipinski definition) is 4. The maximum absolute atomic E-state index is 13.0. The van der Waals surface area contributed by atoms with E-state index in [1.54, 1.807) is 48.5 Å². The fraction of sp³-hybridized carbons (Fsp3) is 0.415. The molecule has 18 heteroatoms. The third kappa shape index (κ3) is 16.8.